The van der Waals surface area contributed by atoms with Crippen molar-refractivity contribution < 1.29 is 8.94 Å². The van der Waals surface area contributed by atoms with Gasteiger partial charge in [-0.2, -0.15) is 4.98 Å². The lowest BCUT2D eigenvalue weighted by Gasteiger charge is -2.02. The maximum Gasteiger partial charge on any atom is 0.237 e. The molecule has 9 heteroatoms. The number of hydrogen-bond donors (Lipinski definition) is 0. The van der Waals surface area contributed by atoms with Gasteiger partial charge in [-0.05, 0) is 23.6 Å². The number of rotatable bonds is 6. The molecule has 0 saturated heterocycles. The maximum atomic E-state index is 5.34. The molecule has 23 heavy (non-hydrogen) atoms. The van der Waals surface area contributed by atoms with E-state index in [-0.39, 0.29) is 0 Å². The molecule has 4 aromatic rings. The van der Waals surface area contributed by atoms with Crippen molar-refractivity contribution in [1.29, 1.82) is 0 Å². The number of thioether (sulfide) groups is 1. The van der Waals surface area contributed by atoms with Crippen molar-refractivity contribution in [2.24, 2.45) is 0 Å². The van der Waals surface area contributed by atoms with Gasteiger partial charge in [0.1, 0.15) is 12.1 Å². The predicted molar refractivity (Wildman–Crippen MR) is 85.0 cm³/mol. The van der Waals surface area contributed by atoms with Crippen molar-refractivity contribution in [3.8, 4) is 10.7 Å². The third-order valence-corrected chi connectivity index (χ3v) is 4.85. The van der Waals surface area contributed by atoms with E-state index in [1.54, 1.807) is 23.9 Å². The van der Waals surface area contributed by atoms with Crippen molar-refractivity contribution in [3.63, 3.8) is 0 Å². The average Bonchev–Trinajstić information content (AvgIpc) is 3.34. The van der Waals surface area contributed by atoms with Gasteiger partial charge in [-0.25, -0.2) is 0 Å². The van der Waals surface area contributed by atoms with Gasteiger partial charge in [0.15, 0.2) is 5.16 Å². The van der Waals surface area contributed by atoms with Gasteiger partial charge < -0.3 is 13.5 Å². The monoisotopic (exact) mass is 345 g/mol. The van der Waals surface area contributed by atoms with Gasteiger partial charge in [-0.1, -0.05) is 23.0 Å². The van der Waals surface area contributed by atoms with E-state index in [4.69, 9.17) is 8.94 Å². The molecule has 0 spiro atoms. The van der Waals surface area contributed by atoms with Gasteiger partial charge in [-0.3, -0.25) is 0 Å². The Morgan fingerprint density at radius 1 is 1.26 bits per heavy atom. The van der Waals surface area contributed by atoms with Crippen LogP contribution >= 0.6 is 23.1 Å². The lowest BCUT2D eigenvalue weighted by atomic mass is 10.4. The van der Waals surface area contributed by atoms with Crippen LogP contribution in [0.3, 0.4) is 0 Å². The maximum absolute atomic E-state index is 5.34. The summed E-state index contributed by atoms with van der Waals surface area (Å²) in [5, 5.41) is 14.8. The van der Waals surface area contributed by atoms with Crippen molar-refractivity contribution in [2.75, 3.05) is 0 Å². The first-order chi connectivity index (χ1) is 11.4. The smallest absolute Gasteiger partial charge is 0.237 e. The SMILES string of the molecule is c1coc(Cn2cnnc2SCc2nc(-c3cccs3)no2)c1. The number of hydrogen-bond acceptors (Lipinski definition) is 8. The van der Waals surface area contributed by atoms with E-state index in [2.05, 4.69) is 20.3 Å². The largest absolute Gasteiger partial charge is 0.467 e. The number of furan rings is 1. The molecular weight excluding hydrogens is 334 g/mol. The molecule has 116 valence electrons. The van der Waals surface area contributed by atoms with Crippen LogP contribution in [0.25, 0.3) is 10.7 Å². The normalized spacial score (nSPS) is 11.1. The standard InChI is InChI=1S/C14H11N5O2S2/c1-3-10(20-5-1)7-19-9-15-17-14(19)23-8-12-16-13(18-21-12)11-4-2-6-22-11/h1-6,9H,7-8H2. The van der Waals surface area contributed by atoms with E-state index in [0.717, 1.165) is 15.8 Å². The van der Waals surface area contributed by atoms with Gasteiger partial charge >= 0.3 is 0 Å². The molecule has 4 rings (SSSR count). The molecule has 4 aromatic heterocycles. The molecule has 0 N–H and O–H groups in total. The fourth-order valence-corrected chi connectivity index (χ4v) is 3.38. The molecule has 0 amide bonds. The van der Waals surface area contributed by atoms with Crippen molar-refractivity contribution in [3.05, 3.63) is 53.9 Å². The predicted octanol–water partition coefficient (Wildman–Crippen LogP) is 3.32. The van der Waals surface area contributed by atoms with Crippen LogP contribution in [0.4, 0.5) is 0 Å². The second-order valence-electron chi connectivity index (χ2n) is 4.60. The summed E-state index contributed by atoms with van der Waals surface area (Å²) in [7, 11) is 0. The molecular formula is C14H11N5O2S2. The zero-order valence-electron chi connectivity index (χ0n) is 11.8. The Morgan fingerprint density at radius 2 is 2.26 bits per heavy atom. The second kappa shape index (κ2) is 6.39. The van der Waals surface area contributed by atoms with Crippen molar-refractivity contribution in [2.45, 2.75) is 17.5 Å². The molecule has 0 atom stereocenters. The Bertz CT molecular complexity index is 867. The lowest BCUT2D eigenvalue weighted by Crippen LogP contribution is -1.99. The molecule has 7 nitrogen and oxygen atoms in total. The van der Waals surface area contributed by atoms with E-state index in [0.29, 0.717) is 24.0 Å². The fraction of sp³-hybridized carbons (Fsp3) is 0.143. The number of thiophene rings is 1. The minimum absolute atomic E-state index is 0.537. The first kappa shape index (κ1) is 14.2. The van der Waals surface area contributed by atoms with Crippen LogP contribution in [0.15, 0.2) is 56.3 Å². The highest BCUT2D eigenvalue weighted by Crippen LogP contribution is 2.24. The summed E-state index contributed by atoms with van der Waals surface area (Å²) in [6, 6.07) is 7.70. The second-order valence-corrected chi connectivity index (χ2v) is 6.49. The summed E-state index contributed by atoms with van der Waals surface area (Å²) in [6.07, 6.45) is 3.33. The van der Waals surface area contributed by atoms with Crippen LogP contribution in [0.1, 0.15) is 11.7 Å². The summed E-state index contributed by atoms with van der Waals surface area (Å²) in [5.41, 5.74) is 0. The molecule has 0 bridgehead atoms. The number of nitrogens with zero attached hydrogens (tertiary/aromatic N) is 5. The third kappa shape index (κ3) is 3.20. The zero-order chi connectivity index (χ0) is 15.5. The molecule has 0 fully saturated rings. The Hall–Kier alpha value is -2.39. The van der Waals surface area contributed by atoms with Crippen molar-refractivity contribution in [1.82, 2.24) is 24.9 Å². The minimum Gasteiger partial charge on any atom is -0.467 e. The van der Waals surface area contributed by atoms with Gasteiger partial charge in [0, 0.05) is 0 Å². The van der Waals surface area contributed by atoms with Gasteiger partial charge in [-0.15, -0.1) is 21.5 Å². The van der Waals surface area contributed by atoms with Crippen molar-refractivity contribution >= 4 is 23.1 Å². The quantitative estimate of drug-likeness (QED) is 0.496. The molecule has 0 saturated carbocycles. The molecule has 0 aromatic carbocycles. The number of aromatic nitrogens is 5. The summed E-state index contributed by atoms with van der Waals surface area (Å²) in [5.74, 6) is 2.57. The fourth-order valence-electron chi connectivity index (χ4n) is 1.98. The topological polar surface area (TPSA) is 82.8 Å². The summed E-state index contributed by atoms with van der Waals surface area (Å²) < 4.78 is 12.5. The Morgan fingerprint density at radius 3 is 3.09 bits per heavy atom. The molecule has 0 radical (unpaired) electrons. The molecule has 0 unspecified atom stereocenters. The summed E-state index contributed by atoms with van der Waals surface area (Å²) in [6.45, 7) is 0.590. The van der Waals surface area contributed by atoms with Gasteiger partial charge in [0.05, 0.1) is 23.4 Å². The first-order valence-corrected chi connectivity index (χ1v) is 8.64. The Labute approximate surface area is 139 Å². The van der Waals surface area contributed by atoms with Crippen LogP contribution in [-0.4, -0.2) is 24.9 Å². The Balaban J connectivity index is 1.43. The summed E-state index contributed by atoms with van der Waals surface area (Å²) >= 11 is 3.08. The average molecular weight is 345 g/mol. The summed E-state index contributed by atoms with van der Waals surface area (Å²) in [4.78, 5) is 5.39. The van der Waals surface area contributed by atoms with E-state index >= 15 is 0 Å². The van der Waals surface area contributed by atoms with Crippen LogP contribution in [0.5, 0.6) is 0 Å². The highest BCUT2D eigenvalue weighted by molar-refractivity contribution is 7.98. The molecule has 0 aliphatic carbocycles. The van der Waals surface area contributed by atoms with Crippen LogP contribution < -0.4 is 0 Å². The molecule has 0 aliphatic heterocycles. The zero-order valence-corrected chi connectivity index (χ0v) is 13.5. The van der Waals surface area contributed by atoms with Crippen LogP contribution in [0.2, 0.25) is 0 Å². The van der Waals surface area contributed by atoms with Gasteiger partial charge in [0.25, 0.3) is 0 Å². The van der Waals surface area contributed by atoms with E-state index < -0.39 is 0 Å². The van der Waals surface area contributed by atoms with Crippen LogP contribution in [-0.2, 0) is 12.3 Å². The van der Waals surface area contributed by atoms with Crippen LogP contribution in [0, 0.1) is 0 Å². The van der Waals surface area contributed by atoms with Gasteiger partial charge in [0.2, 0.25) is 11.7 Å². The van der Waals surface area contributed by atoms with E-state index in [1.165, 1.54) is 11.8 Å². The first-order valence-electron chi connectivity index (χ1n) is 6.78. The molecule has 0 aliphatic rings. The van der Waals surface area contributed by atoms with E-state index in [9.17, 15) is 0 Å². The Kier molecular flexibility index (Phi) is 3.95. The van der Waals surface area contributed by atoms with E-state index in [1.807, 2.05) is 34.2 Å². The third-order valence-electron chi connectivity index (χ3n) is 3.02. The minimum atomic E-state index is 0.537. The highest BCUT2D eigenvalue weighted by Gasteiger charge is 2.12. The lowest BCUT2D eigenvalue weighted by molar-refractivity contribution is 0.391. The molecule has 4 heterocycles. The highest BCUT2D eigenvalue weighted by atomic mass is 32.2.